The van der Waals surface area contributed by atoms with Crippen molar-refractivity contribution in [3.8, 4) is 5.75 Å². The van der Waals surface area contributed by atoms with Crippen LogP contribution in [0.1, 0.15) is 38.2 Å². The van der Waals surface area contributed by atoms with Gasteiger partial charge < -0.3 is 20.3 Å². The van der Waals surface area contributed by atoms with Crippen LogP contribution in [0, 0.1) is 5.92 Å². The van der Waals surface area contributed by atoms with E-state index in [0.29, 0.717) is 12.6 Å². The third-order valence-electron chi connectivity index (χ3n) is 5.71. The van der Waals surface area contributed by atoms with Gasteiger partial charge >= 0.3 is 0 Å². The van der Waals surface area contributed by atoms with Gasteiger partial charge in [-0.3, -0.25) is 4.68 Å². The highest BCUT2D eigenvalue weighted by atomic mass is 127. The minimum absolute atomic E-state index is 0. The molecule has 31 heavy (non-hydrogen) atoms. The van der Waals surface area contributed by atoms with Crippen molar-refractivity contribution in [3.63, 3.8) is 0 Å². The van der Waals surface area contributed by atoms with Gasteiger partial charge in [0.2, 0.25) is 0 Å². The molecule has 0 spiro atoms. The van der Waals surface area contributed by atoms with Crippen molar-refractivity contribution in [1.29, 1.82) is 0 Å². The number of para-hydroxylation sites is 1. The number of anilines is 1. The molecule has 2 heterocycles. The summed E-state index contributed by atoms with van der Waals surface area (Å²) in [6, 6.07) is 8.62. The van der Waals surface area contributed by atoms with E-state index in [1.807, 2.05) is 24.0 Å². The lowest BCUT2D eigenvalue weighted by atomic mass is 10.1. The van der Waals surface area contributed by atoms with Crippen LogP contribution in [-0.4, -0.2) is 48.0 Å². The van der Waals surface area contributed by atoms with Gasteiger partial charge in [-0.05, 0) is 44.6 Å². The van der Waals surface area contributed by atoms with E-state index in [0.717, 1.165) is 62.3 Å². The molecule has 170 valence electrons. The van der Waals surface area contributed by atoms with Gasteiger partial charge in [0, 0.05) is 44.5 Å². The number of ether oxygens (including phenoxy) is 1. The molecule has 7 nitrogen and oxygen atoms in total. The molecule has 1 aliphatic heterocycles. The van der Waals surface area contributed by atoms with E-state index in [9.17, 15) is 0 Å². The number of hydrogen-bond acceptors (Lipinski definition) is 4. The summed E-state index contributed by atoms with van der Waals surface area (Å²) in [5.74, 6) is 2.58. The van der Waals surface area contributed by atoms with Crippen molar-refractivity contribution in [2.45, 2.75) is 45.2 Å². The van der Waals surface area contributed by atoms with Gasteiger partial charge in [0.1, 0.15) is 5.75 Å². The molecule has 1 saturated heterocycles. The van der Waals surface area contributed by atoms with Gasteiger partial charge in [-0.2, -0.15) is 5.10 Å². The minimum atomic E-state index is 0. The molecule has 2 N–H and O–H groups in total. The molecular weight excluding hydrogens is 503 g/mol. The maximum absolute atomic E-state index is 6.04. The lowest BCUT2D eigenvalue weighted by Crippen LogP contribution is -2.51. The molecule has 1 atom stereocenters. The molecule has 0 bridgehead atoms. The Morgan fingerprint density at radius 1 is 1.26 bits per heavy atom. The fraction of sp³-hybridized carbons (Fsp3) is 0.565. The molecule has 2 aliphatic rings. The standard InChI is InChI=1S/C23H34N6O.HI/c1-3-24-23(25-13-19-7-4-5-9-22(19)30-17-18-10-11-18)27-20-8-6-12-29(15-20)21-14-26-28(2)16-21;/h4-5,7,9,14,16,18,20H,3,6,8,10-13,15,17H2,1-2H3,(H2,24,25,27);1H. The predicted octanol–water partition coefficient (Wildman–Crippen LogP) is 3.55. The smallest absolute Gasteiger partial charge is 0.191 e. The molecule has 2 aromatic rings. The van der Waals surface area contributed by atoms with Crippen molar-refractivity contribution in [1.82, 2.24) is 20.4 Å². The van der Waals surface area contributed by atoms with E-state index in [1.54, 1.807) is 0 Å². The summed E-state index contributed by atoms with van der Waals surface area (Å²) in [5, 5.41) is 11.4. The van der Waals surface area contributed by atoms with Gasteiger partial charge in [-0.1, -0.05) is 18.2 Å². The van der Waals surface area contributed by atoms with Crippen molar-refractivity contribution in [2.75, 3.05) is 31.1 Å². The fourth-order valence-corrected chi connectivity index (χ4v) is 3.85. The number of guanidine groups is 1. The average molecular weight is 538 g/mol. The normalized spacial score (nSPS) is 19.0. The third kappa shape index (κ3) is 7.02. The number of nitrogens with zero attached hydrogens (tertiary/aromatic N) is 4. The number of rotatable bonds is 8. The van der Waals surface area contributed by atoms with Crippen LogP contribution in [0.2, 0.25) is 0 Å². The molecule has 1 saturated carbocycles. The molecular formula is C23H35IN6O. The van der Waals surface area contributed by atoms with E-state index >= 15 is 0 Å². The number of aromatic nitrogens is 2. The number of nitrogens with one attached hydrogen (secondary N) is 2. The second kappa shape index (κ2) is 11.6. The Morgan fingerprint density at radius 2 is 2.10 bits per heavy atom. The molecule has 0 radical (unpaired) electrons. The zero-order valence-electron chi connectivity index (χ0n) is 18.6. The Kier molecular flexibility index (Phi) is 8.86. The van der Waals surface area contributed by atoms with E-state index in [-0.39, 0.29) is 24.0 Å². The van der Waals surface area contributed by atoms with Crippen molar-refractivity contribution in [2.24, 2.45) is 18.0 Å². The molecule has 1 aromatic heterocycles. The Bertz CT molecular complexity index is 850. The van der Waals surface area contributed by atoms with Gasteiger partial charge in [-0.15, -0.1) is 24.0 Å². The first kappa shape index (κ1) is 23.7. The Balaban J connectivity index is 0.00000272. The summed E-state index contributed by atoms with van der Waals surface area (Å²) >= 11 is 0. The van der Waals surface area contributed by atoms with Gasteiger partial charge in [0.05, 0.1) is 25.0 Å². The topological polar surface area (TPSA) is 66.7 Å². The number of halogens is 1. The summed E-state index contributed by atoms with van der Waals surface area (Å²) in [6.45, 7) is 6.40. The zero-order chi connectivity index (χ0) is 20.8. The number of aryl methyl sites for hydroxylation is 1. The monoisotopic (exact) mass is 538 g/mol. The van der Waals surface area contributed by atoms with Crippen LogP contribution in [0.25, 0.3) is 0 Å². The Morgan fingerprint density at radius 3 is 2.84 bits per heavy atom. The van der Waals surface area contributed by atoms with E-state index in [4.69, 9.17) is 9.73 Å². The van der Waals surface area contributed by atoms with Crippen LogP contribution in [0.15, 0.2) is 41.7 Å². The predicted molar refractivity (Wildman–Crippen MR) is 136 cm³/mol. The molecule has 4 rings (SSSR count). The Hall–Kier alpha value is -1.97. The maximum atomic E-state index is 6.04. The summed E-state index contributed by atoms with van der Waals surface area (Å²) in [4.78, 5) is 7.26. The van der Waals surface area contributed by atoms with Crippen molar-refractivity contribution < 1.29 is 4.74 Å². The number of piperidine rings is 1. The highest BCUT2D eigenvalue weighted by Gasteiger charge is 2.23. The second-order valence-corrected chi connectivity index (χ2v) is 8.36. The second-order valence-electron chi connectivity index (χ2n) is 8.36. The van der Waals surface area contributed by atoms with E-state index in [2.05, 4.69) is 52.0 Å². The molecule has 1 unspecified atom stereocenters. The van der Waals surface area contributed by atoms with Crippen LogP contribution in [-0.2, 0) is 13.6 Å². The van der Waals surface area contributed by atoms with E-state index in [1.165, 1.54) is 18.5 Å². The van der Waals surface area contributed by atoms with Crippen LogP contribution < -0.4 is 20.3 Å². The quantitative estimate of drug-likeness (QED) is 0.306. The SMILES string of the molecule is CCNC(=NCc1ccccc1OCC1CC1)NC1CCCN(c2cnn(C)c2)C1.I. The summed E-state index contributed by atoms with van der Waals surface area (Å²) in [5.41, 5.74) is 2.32. The molecule has 2 fully saturated rings. The van der Waals surface area contributed by atoms with Crippen LogP contribution in [0.3, 0.4) is 0 Å². The largest absolute Gasteiger partial charge is 0.493 e. The Labute approximate surface area is 202 Å². The molecule has 8 heteroatoms. The highest BCUT2D eigenvalue weighted by Crippen LogP contribution is 2.30. The lowest BCUT2D eigenvalue weighted by Gasteiger charge is -2.34. The molecule has 1 aromatic carbocycles. The minimum Gasteiger partial charge on any atom is -0.493 e. The summed E-state index contributed by atoms with van der Waals surface area (Å²) < 4.78 is 7.91. The van der Waals surface area contributed by atoms with Crippen molar-refractivity contribution >= 4 is 35.6 Å². The number of hydrogen-bond donors (Lipinski definition) is 2. The fourth-order valence-electron chi connectivity index (χ4n) is 3.85. The summed E-state index contributed by atoms with van der Waals surface area (Å²) in [7, 11) is 1.96. The average Bonchev–Trinajstić information content (AvgIpc) is 3.49. The number of benzene rings is 1. The van der Waals surface area contributed by atoms with Crippen LogP contribution in [0.4, 0.5) is 5.69 Å². The van der Waals surface area contributed by atoms with E-state index < -0.39 is 0 Å². The number of aliphatic imine (C=N–C) groups is 1. The van der Waals surface area contributed by atoms with Crippen molar-refractivity contribution in [3.05, 3.63) is 42.2 Å². The maximum Gasteiger partial charge on any atom is 0.191 e. The first-order chi connectivity index (χ1) is 14.7. The lowest BCUT2D eigenvalue weighted by molar-refractivity contribution is 0.297. The zero-order valence-corrected chi connectivity index (χ0v) is 20.9. The highest BCUT2D eigenvalue weighted by molar-refractivity contribution is 14.0. The first-order valence-corrected chi connectivity index (χ1v) is 11.2. The summed E-state index contributed by atoms with van der Waals surface area (Å²) in [6.07, 6.45) is 8.92. The van der Waals surface area contributed by atoms with Crippen LogP contribution >= 0.6 is 24.0 Å². The molecule has 1 aliphatic carbocycles. The van der Waals surface area contributed by atoms with Crippen LogP contribution in [0.5, 0.6) is 5.75 Å². The van der Waals surface area contributed by atoms with Gasteiger partial charge in [0.25, 0.3) is 0 Å². The molecule has 0 amide bonds. The first-order valence-electron chi connectivity index (χ1n) is 11.2. The third-order valence-corrected chi connectivity index (χ3v) is 5.71. The van der Waals surface area contributed by atoms with Gasteiger partial charge in [0.15, 0.2) is 5.96 Å². The van der Waals surface area contributed by atoms with Gasteiger partial charge in [-0.25, -0.2) is 4.99 Å².